The van der Waals surface area contributed by atoms with E-state index in [1.165, 1.54) is 20.8 Å². The van der Waals surface area contributed by atoms with Crippen LogP contribution in [0.2, 0.25) is 0 Å². The summed E-state index contributed by atoms with van der Waals surface area (Å²) < 4.78 is 0. The third-order valence-corrected chi connectivity index (χ3v) is 7.89. The van der Waals surface area contributed by atoms with E-state index in [1.807, 2.05) is 0 Å². The van der Waals surface area contributed by atoms with Crippen LogP contribution in [0.15, 0.2) is 0 Å². The van der Waals surface area contributed by atoms with Gasteiger partial charge in [0.05, 0.1) is 42.8 Å². The smallest absolute Gasteiger partial charge is 0.341 e. The van der Waals surface area contributed by atoms with Crippen LogP contribution < -0.4 is 34.4 Å². The van der Waals surface area contributed by atoms with E-state index in [0.29, 0.717) is 0 Å². The molecule has 10 unspecified atom stereocenters. The normalized spacial score (nSPS) is 19.8. The first-order chi connectivity index (χ1) is 20.4. The number of ketones is 3. The molecule has 10 atom stereocenters. The molecule has 0 bridgehead atoms. The SMILES string of the molecule is CCC(C)C(N)C(=O)CC(O)(C(=O)C(N)C(C)C)C(C(=O)O)(C(=O)C(N)C(C)O)N(C(=O)C(N)CC(N)=O)C(=O)C(N)C(C)O. The molecule has 0 aromatic rings. The lowest BCUT2D eigenvalue weighted by Crippen LogP contribution is -2.83. The zero-order valence-electron chi connectivity index (χ0n) is 26.4. The molecule has 0 radical (unpaired) electrons. The van der Waals surface area contributed by atoms with Crippen LogP contribution in [0.3, 0.4) is 0 Å². The Labute approximate surface area is 260 Å². The van der Waals surface area contributed by atoms with Gasteiger partial charge in [0.15, 0.2) is 23.0 Å². The third-order valence-electron chi connectivity index (χ3n) is 7.89. The molecule has 0 rings (SSSR count). The van der Waals surface area contributed by atoms with Gasteiger partial charge in [-0.15, -0.1) is 0 Å². The summed E-state index contributed by atoms with van der Waals surface area (Å²) in [6.45, 7) is 7.75. The highest BCUT2D eigenvalue weighted by molar-refractivity contribution is 6.23. The molecular weight excluding hydrogens is 598 g/mol. The van der Waals surface area contributed by atoms with Gasteiger partial charge in [0, 0.05) is 6.42 Å². The van der Waals surface area contributed by atoms with Crippen molar-refractivity contribution in [1.29, 1.82) is 0 Å². The van der Waals surface area contributed by atoms with Crippen LogP contribution in [0.25, 0.3) is 0 Å². The molecule has 0 aliphatic rings. The van der Waals surface area contributed by atoms with Gasteiger partial charge in [-0.2, -0.15) is 0 Å². The standard InChI is InChI=1S/C27H49N7O11/c1-7-11(4)18(31)15(37)9-26(45,21(39)17(30)10(2)3)27(25(43)44,22(40)19(32)12(5)35)34(24(42)20(33)13(6)36)23(41)14(28)8-16(29)38/h10-14,17-20,35-36,45H,7-9,28,30-33H2,1-6H3,(H2,29,38)(H,43,44). The fourth-order valence-electron chi connectivity index (χ4n) is 4.51. The van der Waals surface area contributed by atoms with Gasteiger partial charge in [0.1, 0.15) is 6.04 Å². The monoisotopic (exact) mass is 647 g/mol. The molecule has 0 aliphatic heterocycles. The predicted octanol–water partition coefficient (Wildman–Crippen LogP) is -5.03. The van der Waals surface area contributed by atoms with Gasteiger partial charge < -0.3 is 54.8 Å². The second-order valence-corrected chi connectivity index (χ2v) is 11.8. The number of carbonyl (C=O) groups excluding carboxylic acids is 6. The number of carbonyl (C=O) groups is 7. The lowest BCUT2D eigenvalue weighted by atomic mass is 9.64. The van der Waals surface area contributed by atoms with Crippen LogP contribution >= 0.6 is 0 Å². The Morgan fingerprint density at radius 1 is 0.733 bits per heavy atom. The van der Waals surface area contributed by atoms with E-state index in [2.05, 4.69) is 0 Å². The number of amides is 3. The molecule has 0 aromatic heterocycles. The lowest BCUT2D eigenvalue weighted by Gasteiger charge is -2.50. The molecule has 18 heteroatoms. The third kappa shape index (κ3) is 8.53. The van der Waals surface area contributed by atoms with E-state index in [4.69, 9.17) is 34.4 Å². The van der Waals surface area contributed by atoms with Crippen LogP contribution in [0.1, 0.15) is 60.8 Å². The summed E-state index contributed by atoms with van der Waals surface area (Å²) in [5, 5.41) is 43.6. The second-order valence-electron chi connectivity index (χ2n) is 11.8. The molecule has 0 fully saturated rings. The summed E-state index contributed by atoms with van der Waals surface area (Å²) >= 11 is 0. The van der Waals surface area contributed by atoms with Crippen LogP contribution in [-0.4, -0.2) is 120 Å². The Morgan fingerprint density at radius 3 is 1.56 bits per heavy atom. The summed E-state index contributed by atoms with van der Waals surface area (Å²) in [4.78, 5) is 94.4. The quantitative estimate of drug-likeness (QED) is 0.0586. The van der Waals surface area contributed by atoms with E-state index in [9.17, 15) is 54.0 Å². The molecule has 18 nitrogen and oxygen atoms in total. The lowest BCUT2D eigenvalue weighted by molar-refractivity contribution is -0.197. The van der Waals surface area contributed by atoms with Gasteiger partial charge in [-0.1, -0.05) is 34.1 Å². The Bertz CT molecular complexity index is 1150. The number of primary amides is 1. The maximum absolute atomic E-state index is 14.3. The number of hydrogen-bond donors (Lipinski definition) is 10. The first kappa shape index (κ1) is 41.8. The molecule has 16 N–H and O–H groups in total. The van der Waals surface area contributed by atoms with Crippen LogP contribution in [0, 0.1) is 11.8 Å². The number of nitrogens with zero attached hydrogens (tertiary/aromatic N) is 1. The average Bonchev–Trinajstić information content (AvgIpc) is 2.95. The number of aliphatic carboxylic acids is 1. The van der Waals surface area contributed by atoms with E-state index in [0.717, 1.165) is 13.8 Å². The van der Waals surface area contributed by atoms with Gasteiger partial charge in [-0.05, 0) is 25.7 Å². The van der Waals surface area contributed by atoms with Crippen molar-refractivity contribution in [3.63, 3.8) is 0 Å². The highest BCUT2D eigenvalue weighted by atomic mass is 16.4. The highest BCUT2D eigenvalue weighted by Crippen LogP contribution is 2.39. The number of Topliss-reactive ketones (excluding diaryl/α,β-unsaturated/α-hetero) is 3. The van der Waals surface area contributed by atoms with Crippen LogP contribution in [0.5, 0.6) is 0 Å². The number of imide groups is 1. The maximum Gasteiger partial charge on any atom is 0.341 e. The van der Waals surface area contributed by atoms with E-state index < -0.39 is 124 Å². The van der Waals surface area contributed by atoms with Crippen LogP contribution in [-0.2, 0) is 33.6 Å². The topological polar surface area (TPSA) is 360 Å². The number of nitrogens with two attached hydrogens (primary N) is 6. The predicted molar refractivity (Wildman–Crippen MR) is 158 cm³/mol. The Kier molecular flexibility index (Phi) is 15.2. The number of carboxylic acid groups (broad SMARTS) is 1. The summed E-state index contributed by atoms with van der Waals surface area (Å²) in [5.41, 5.74) is 26.4. The van der Waals surface area contributed by atoms with Crippen molar-refractivity contribution in [3.8, 4) is 0 Å². The Balaban J connectivity index is 8.62. The van der Waals surface area contributed by atoms with Gasteiger partial charge in [-0.3, -0.25) is 33.7 Å². The Morgan fingerprint density at radius 2 is 1.20 bits per heavy atom. The van der Waals surface area contributed by atoms with E-state index >= 15 is 0 Å². The molecule has 45 heavy (non-hydrogen) atoms. The van der Waals surface area contributed by atoms with Crippen LogP contribution in [0.4, 0.5) is 0 Å². The van der Waals surface area contributed by atoms with Crippen molar-refractivity contribution in [3.05, 3.63) is 0 Å². The maximum atomic E-state index is 14.3. The minimum absolute atomic E-state index is 0.287. The van der Waals surface area contributed by atoms with Crippen molar-refractivity contribution >= 4 is 41.0 Å². The highest BCUT2D eigenvalue weighted by Gasteiger charge is 2.73. The molecule has 0 aliphatic carbocycles. The molecule has 0 saturated carbocycles. The number of hydrogen-bond acceptors (Lipinski definition) is 15. The van der Waals surface area contributed by atoms with Crippen molar-refractivity contribution < 1.29 is 54.0 Å². The van der Waals surface area contributed by atoms with Gasteiger partial charge >= 0.3 is 5.97 Å². The molecule has 0 aromatic carbocycles. The molecule has 0 heterocycles. The largest absolute Gasteiger partial charge is 0.479 e. The minimum atomic E-state index is -4.24. The van der Waals surface area contributed by atoms with Gasteiger partial charge in [0.25, 0.3) is 0 Å². The zero-order valence-corrected chi connectivity index (χ0v) is 26.4. The van der Waals surface area contributed by atoms with E-state index in [-0.39, 0.29) is 6.42 Å². The average molecular weight is 648 g/mol. The fraction of sp³-hybridized carbons (Fsp3) is 0.741. The van der Waals surface area contributed by atoms with Gasteiger partial charge in [0.2, 0.25) is 23.3 Å². The molecule has 258 valence electrons. The summed E-state index contributed by atoms with van der Waals surface area (Å²) in [6, 6.07) is -10.1. The first-order valence-electron chi connectivity index (χ1n) is 14.3. The Hall–Kier alpha value is -3.23. The van der Waals surface area contributed by atoms with Crippen molar-refractivity contribution in [1.82, 2.24) is 4.90 Å². The van der Waals surface area contributed by atoms with Crippen molar-refractivity contribution in [2.45, 2.75) is 114 Å². The summed E-state index contributed by atoms with van der Waals surface area (Å²) in [6.07, 6.45) is -6.21. The van der Waals surface area contributed by atoms with E-state index in [1.54, 1.807) is 6.92 Å². The second kappa shape index (κ2) is 16.4. The zero-order chi connectivity index (χ0) is 35.9. The number of carboxylic acids is 1. The minimum Gasteiger partial charge on any atom is -0.479 e. The molecular formula is C27H49N7O11. The van der Waals surface area contributed by atoms with Gasteiger partial charge in [-0.25, -0.2) is 4.79 Å². The number of rotatable bonds is 19. The number of aliphatic hydroxyl groups is 3. The first-order valence-corrected chi connectivity index (χ1v) is 14.3. The molecule has 0 spiro atoms. The van der Waals surface area contributed by atoms with Crippen molar-refractivity contribution in [2.24, 2.45) is 46.2 Å². The number of aliphatic hydroxyl groups excluding tert-OH is 2. The molecule has 0 saturated heterocycles. The summed E-state index contributed by atoms with van der Waals surface area (Å²) in [7, 11) is 0. The van der Waals surface area contributed by atoms with Crippen molar-refractivity contribution in [2.75, 3.05) is 0 Å². The summed E-state index contributed by atoms with van der Waals surface area (Å²) in [5.74, 6) is -14.1. The molecule has 3 amide bonds. The fourth-order valence-corrected chi connectivity index (χ4v) is 4.51.